The number of hydrogen-bond acceptors (Lipinski definition) is 6. The second kappa shape index (κ2) is 10.0. The molecule has 0 radical (unpaired) electrons. The zero-order chi connectivity index (χ0) is 18.9. The highest BCUT2D eigenvalue weighted by atomic mass is 16.7. The summed E-state index contributed by atoms with van der Waals surface area (Å²) in [5, 5.41) is 2.59. The quantitative estimate of drug-likeness (QED) is 0.571. The van der Waals surface area contributed by atoms with E-state index in [2.05, 4.69) is 5.32 Å². The van der Waals surface area contributed by atoms with Gasteiger partial charge >= 0.3 is 12.1 Å². The van der Waals surface area contributed by atoms with Crippen molar-refractivity contribution in [2.24, 2.45) is 0 Å². The molecule has 0 saturated heterocycles. The molecule has 25 heavy (non-hydrogen) atoms. The van der Waals surface area contributed by atoms with E-state index in [1.807, 2.05) is 30.3 Å². The van der Waals surface area contributed by atoms with Crippen LogP contribution in [0.5, 0.6) is 0 Å². The molecule has 7 nitrogen and oxygen atoms in total. The molecular formula is C18H27NO6. The van der Waals surface area contributed by atoms with E-state index < -0.39 is 30.0 Å². The van der Waals surface area contributed by atoms with E-state index >= 15 is 0 Å². The van der Waals surface area contributed by atoms with Gasteiger partial charge in [-0.25, -0.2) is 4.79 Å². The van der Waals surface area contributed by atoms with E-state index in [4.69, 9.17) is 18.9 Å². The van der Waals surface area contributed by atoms with Gasteiger partial charge in [-0.05, 0) is 26.3 Å². The van der Waals surface area contributed by atoms with E-state index in [0.717, 1.165) is 5.56 Å². The molecule has 0 aliphatic heterocycles. The monoisotopic (exact) mass is 353 g/mol. The van der Waals surface area contributed by atoms with Crippen LogP contribution in [0.2, 0.25) is 0 Å². The second-order valence-electron chi connectivity index (χ2n) is 6.44. The summed E-state index contributed by atoms with van der Waals surface area (Å²) in [6.45, 7) is 5.43. The van der Waals surface area contributed by atoms with Crippen molar-refractivity contribution in [2.75, 3.05) is 14.2 Å². The van der Waals surface area contributed by atoms with E-state index in [0.29, 0.717) is 0 Å². The van der Waals surface area contributed by atoms with Crippen LogP contribution in [0.15, 0.2) is 30.3 Å². The highest BCUT2D eigenvalue weighted by Crippen LogP contribution is 2.12. The maximum atomic E-state index is 12.0. The first kappa shape index (κ1) is 20.9. The van der Waals surface area contributed by atoms with E-state index in [-0.39, 0.29) is 13.0 Å². The summed E-state index contributed by atoms with van der Waals surface area (Å²) < 4.78 is 20.8. The molecule has 0 bridgehead atoms. The zero-order valence-corrected chi connectivity index (χ0v) is 15.4. The SMILES string of the molecule is COC(OC)[C@H](CC(=O)OC(C)(C)C)NC(=O)OCc1ccccc1. The molecule has 0 aromatic heterocycles. The summed E-state index contributed by atoms with van der Waals surface area (Å²) in [4.78, 5) is 24.1. The number of benzene rings is 1. The minimum absolute atomic E-state index is 0.107. The number of methoxy groups -OCH3 is 2. The molecule has 0 saturated carbocycles. The van der Waals surface area contributed by atoms with Gasteiger partial charge in [-0.1, -0.05) is 30.3 Å². The number of amides is 1. The summed E-state index contributed by atoms with van der Waals surface area (Å²) in [6.07, 6.45) is -1.59. The molecule has 0 spiro atoms. The summed E-state index contributed by atoms with van der Waals surface area (Å²) in [5.41, 5.74) is 0.238. The van der Waals surface area contributed by atoms with Gasteiger partial charge in [0.1, 0.15) is 12.2 Å². The minimum atomic E-state index is -0.809. The third-order valence-electron chi connectivity index (χ3n) is 3.12. The molecule has 1 aromatic rings. The fourth-order valence-electron chi connectivity index (χ4n) is 2.12. The summed E-state index contributed by atoms with van der Waals surface area (Å²) in [7, 11) is 2.85. The first-order valence-electron chi connectivity index (χ1n) is 8.00. The normalized spacial score (nSPS) is 12.6. The van der Waals surface area contributed by atoms with Gasteiger partial charge in [-0.15, -0.1) is 0 Å². The third-order valence-corrected chi connectivity index (χ3v) is 3.12. The number of carbonyl (C=O) groups is 2. The molecule has 0 aliphatic rings. The average molecular weight is 353 g/mol. The third kappa shape index (κ3) is 8.51. The van der Waals surface area contributed by atoms with Crippen molar-refractivity contribution in [1.29, 1.82) is 0 Å². The fraction of sp³-hybridized carbons (Fsp3) is 0.556. The molecule has 0 aliphatic carbocycles. The van der Waals surface area contributed by atoms with Crippen molar-refractivity contribution >= 4 is 12.1 Å². The van der Waals surface area contributed by atoms with Crippen molar-refractivity contribution in [2.45, 2.75) is 51.7 Å². The Hall–Kier alpha value is -2.12. The van der Waals surface area contributed by atoms with E-state index in [1.165, 1.54) is 14.2 Å². The second-order valence-corrected chi connectivity index (χ2v) is 6.44. The van der Waals surface area contributed by atoms with Crippen LogP contribution in [-0.4, -0.2) is 44.2 Å². The van der Waals surface area contributed by atoms with Gasteiger partial charge in [-0.2, -0.15) is 0 Å². The average Bonchev–Trinajstić information content (AvgIpc) is 2.53. The topological polar surface area (TPSA) is 83.1 Å². The predicted molar refractivity (Wildman–Crippen MR) is 91.8 cm³/mol. The summed E-state index contributed by atoms with van der Waals surface area (Å²) in [5.74, 6) is -0.472. The molecule has 0 fully saturated rings. The smallest absolute Gasteiger partial charge is 0.407 e. The lowest BCUT2D eigenvalue weighted by Crippen LogP contribution is -2.47. The van der Waals surface area contributed by atoms with Crippen LogP contribution in [-0.2, 0) is 30.3 Å². The van der Waals surface area contributed by atoms with Gasteiger partial charge in [0, 0.05) is 14.2 Å². The number of nitrogens with one attached hydrogen (secondary N) is 1. The lowest BCUT2D eigenvalue weighted by atomic mass is 10.1. The Bertz CT molecular complexity index is 536. The van der Waals surface area contributed by atoms with Gasteiger partial charge in [0.25, 0.3) is 0 Å². The zero-order valence-electron chi connectivity index (χ0n) is 15.4. The van der Waals surface area contributed by atoms with Crippen molar-refractivity contribution in [1.82, 2.24) is 5.32 Å². The van der Waals surface area contributed by atoms with Crippen molar-refractivity contribution < 1.29 is 28.5 Å². The Kier molecular flexibility index (Phi) is 8.37. The Morgan fingerprint density at radius 2 is 1.68 bits per heavy atom. The minimum Gasteiger partial charge on any atom is -0.460 e. The lowest BCUT2D eigenvalue weighted by Gasteiger charge is -2.26. The molecule has 0 unspecified atom stereocenters. The van der Waals surface area contributed by atoms with Crippen LogP contribution in [0, 0.1) is 0 Å². The molecule has 1 amide bonds. The van der Waals surface area contributed by atoms with Crippen molar-refractivity contribution in [3.8, 4) is 0 Å². The highest BCUT2D eigenvalue weighted by Gasteiger charge is 2.29. The number of esters is 1. The number of alkyl carbamates (subject to hydrolysis) is 1. The Labute approximate surface area is 148 Å². The number of ether oxygens (including phenoxy) is 4. The molecule has 1 N–H and O–H groups in total. The number of rotatable bonds is 8. The highest BCUT2D eigenvalue weighted by molar-refractivity contribution is 5.73. The van der Waals surface area contributed by atoms with Crippen LogP contribution in [0.4, 0.5) is 4.79 Å². The molecular weight excluding hydrogens is 326 g/mol. The van der Waals surface area contributed by atoms with Gasteiger partial charge in [0.15, 0.2) is 6.29 Å². The molecule has 1 aromatic carbocycles. The molecule has 0 heterocycles. The van der Waals surface area contributed by atoms with Crippen LogP contribution in [0.25, 0.3) is 0 Å². The Balaban J connectivity index is 2.63. The lowest BCUT2D eigenvalue weighted by molar-refractivity contribution is -0.162. The van der Waals surface area contributed by atoms with Crippen LogP contribution in [0.3, 0.4) is 0 Å². The van der Waals surface area contributed by atoms with Gasteiger partial charge < -0.3 is 24.3 Å². The van der Waals surface area contributed by atoms with Gasteiger partial charge in [0.2, 0.25) is 0 Å². The number of hydrogen-bond donors (Lipinski definition) is 1. The van der Waals surface area contributed by atoms with Crippen LogP contribution in [0.1, 0.15) is 32.8 Å². The van der Waals surface area contributed by atoms with Gasteiger partial charge in [0.05, 0.1) is 12.5 Å². The summed E-state index contributed by atoms with van der Waals surface area (Å²) >= 11 is 0. The first-order valence-corrected chi connectivity index (χ1v) is 8.00. The van der Waals surface area contributed by atoms with Crippen molar-refractivity contribution in [3.63, 3.8) is 0 Å². The molecule has 1 atom stereocenters. The number of carbonyl (C=O) groups excluding carboxylic acids is 2. The predicted octanol–water partition coefficient (Wildman–Crippen LogP) is 2.63. The molecule has 140 valence electrons. The maximum absolute atomic E-state index is 12.0. The van der Waals surface area contributed by atoms with Crippen molar-refractivity contribution in [3.05, 3.63) is 35.9 Å². The van der Waals surface area contributed by atoms with E-state index in [9.17, 15) is 9.59 Å². The van der Waals surface area contributed by atoms with E-state index in [1.54, 1.807) is 20.8 Å². The van der Waals surface area contributed by atoms with Crippen LogP contribution < -0.4 is 5.32 Å². The summed E-state index contributed by atoms with van der Waals surface area (Å²) in [6, 6.07) is 8.54. The van der Waals surface area contributed by atoms with Crippen LogP contribution >= 0.6 is 0 Å². The maximum Gasteiger partial charge on any atom is 0.407 e. The Morgan fingerprint density at radius 3 is 2.20 bits per heavy atom. The first-order chi connectivity index (χ1) is 11.7. The molecule has 1 rings (SSSR count). The standard InChI is InChI=1S/C18H27NO6/c1-18(2,3)25-15(20)11-14(16(22-4)23-5)19-17(21)24-12-13-9-7-6-8-10-13/h6-10,14,16H,11-12H2,1-5H3,(H,19,21)/t14-/m0/s1. The fourth-order valence-corrected chi connectivity index (χ4v) is 2.12. The largest absolute Gasteiger partial charge is 0.460 e. The Morgan fingerprint density at radius 1 is 1.08 bits per heavy atom. The molecule has 7 heteroatoms. The van der Waals surface area contributed by atoms with Gasteiger partial charge in [-0.3, -0.25) is 4.79 Å².